The summed E-state index contributed by atoms with van der Waals surface area (Å²) in [5.74, 6) is -0.00922. The Hall–Kier alpha value is -2.44. The molecular weight excluding hydrogens is 284 g/mol. The number of carbonyl (C=O) groups excluding carboxylic acids is 2. The van der Waals surface area contributed by atoms with Crippen molar-refractivity contribution in [1.82, 2.24) is 20.3 Å². The van der Waals surface area contributed by atoms with Gasteiger partial charge < -0.3 is 15.0 Å². The summed E-state index contributed by atoms with van der Waals surface area (Å²) < 4.78 is 5.07. The highest BCUT2D eigenvalue weighted by Crippen LogP contribution is 2.25. The molecule has 0 saturated heterocycles. The van der Waals surface area contributed by atoms with Crippen LogP contribution in [0.3, 0.4) is 0 Å². The molecule has 0 aliphatic heterocycles. The molecule has 118 valence electrons. The first-order valence-corrected chi connectivity index (χ1v) is 7.05. The first-order chi connectivity index (χ1) is 10.2. The molecule has 0 radical (unpaired) electrons. The molecule has 7 nitrogen and oxygen atoms in total. The van der Waals surface area contributed by atoms with Gasteiger partial charge in [0.2, 0.25) is 5.88 Å². The van der Waals surface area contributed by atoms with Gasteiger partial charge in [-0.05, 0) is 13.8 Å². The normalized spacial score (nSPS) is 11.7. The number of nitrogens with one attached hydrogen (secondary N) is 2. The fraction of sp³-hybridized carbons (Fsp3) is 0.467. The number of aromatic amines is 1. The summed E-state index contributed by atoms with van der Waals surface area (Å²) in [7, 11) is 0. The van der Waals surface area contributed by atoms with Crippen LogP contribution in [-0.2, 0) is 0 Å². The van der Waals surface area contributed by atoms with E-state index in [1.165, 1.54) is 6.20 Å². The van der Waals surface area contributed by atoms with E-state index in [9.17, 15) is 9.59 Å². The third-order valence-electron chi connectivity index (χ3n) is 2.89. The minimum atomic E-state index is -0.608. The lowest BCUT2D eigenvalue weighted by Gasteiger charge is -2.15. The summed E-state index contributed by atoms with van der Waals surface area (Å²) in [5.41, 5.74) is 0.770. The van der Waals surface area contributed by atoms with E-state index < -0.39 is 11.5 Å². The van der Waals surface area contributed by atoms with Gasteiger partial charge in [-0.25, -0.2) is 14.8 Å². The lowest BCUT2D eigenvalue weighted by atomic mass is 9.87. The number of Topliss-reactive ketones (excluding diaryl/α,β-unsaturated/α-hetero) is 1. The second kappa shape index (κ2) is 5.75. The van der Waals surface area contributed by atoms with Crippen LogP contribution >= 0.6 is 0 Å². The largest absolute Gasteiger partial charge is 0.414 e. The second-order valence-corrected chi connectivity index (χ2v) is 6.38. The van der Waals surface area contributed by atoms with Crippen molar-refractivity contribution in [2.75, 3.05) is 0 Å². The summed E-state index contributed by atoms with van der Waals surface area (Å²) >= 11 is 0. The highest BCUT2D eigenvalue weighted by molar-refractivity contribution is 6.08. The molecule has 0 bridgehead atoms. The number of nitrogens with zero attached hydrogens (tertiary/aromatic N) is 2. The molecule has 0 unspecified atom stereocenters. The number of hydrogen-bond donors (Lipinski definition) is 2. The third-order valence-corrected chi connectivity index (χ3v) is 2.89. The molecule has 0 aliphatic carbocycles. The summed E-state index contributed by atoms with van der Waals surface area (Å²) in [4.78, 5) is 35.3. The SMILES string of the molecule is CC(C)NC(=O)Oc1cnc2[nH]cc(C(=O)C(C)(C)C)c2n1. The fourth-order valence-corrected chi connectivity index (χ4v) is 1.86. The van der Waals surface area contributed by atoms with E-state index in [0.29, 0.717) is 16.7 Å². The first kappa shape index (κ1) is 15.9. The average Bonchev–Trinajstić information content (AvgIpc) is 2.78. The third kappa shape index (κ3) is 3.41. The maximum atomic E-state index is 12.4. The number of rotatable bonds is 3. The number of ketones is 1. The topological polar surface area (TPSA) is 97.0 Å². The molecule has 0 atom stereocenters. The minimum absolute atomic E-state index is 0.0468. The van der Waals surface area contributed by atoms with E-state index in [4.69, 9.17) is 4.74 Å². The molecule has 1 amide bonds. The molecule has 0 fully saturated rings. The van der Waals surface area contributed by atoms with Crippen LogP contribution in [0.1, 0.15) is 45.0 Å². The molecule has 0 saturated carbocycles. The van der Waals surface area contributed by atoms with Crippen LogP contribution < -0.4 is 10.1 Å². The molecule has 22 heavy (non-hydrogen) atoms. The standard InChI is InChI=1S/C15H20N4O3/c1-8(2)18-14(21)22-10-7-17-13-11(19-10)9(6-16-13)12(20)15(3,4)5/h6-8H,1-5H3,(H,16,17)(H,18,21). The van der Waals surface area contributed by atoms with Crippen molar-refractivity contribution in [3.05, 3.63) is 18.0 Å². The number of carbonyl (C=O) groups is 2. The summed E-state index contributed by atoms with van der Waals surface area (Å²) in [6, 6.07) is -0.0468. The van der Waals surface area contributed by atoms with Crippen LogP contribution in [-0.4, -0.2) is 32.9 Å². The summed E-state index contributed by atoms with van der Waals surface area (Å²) in [6.45, 7) is 9.14. The van der Waals surface area contributed by atoms with Gasteiger partial charge in [0.1, 0.15) is 5.52 Å². The highest BCUT2D eigenvalue weighted by atomic mass is 16.6. The average molecular weight is 304 g/mol. The van der Waals surface area contributed by atoms with Crippen molar-refractivity contribution >= 4 is 23.0 Å². The number of amides is 1. The van der Waals surface area contributed by atoms with E-state index in [1.807, 2.05) is 34.6 Å². The zero-order chi connectivity index (χ0) is 16.5. The van der Waals surface area contributed by atoms with Crippen LogP contribution in [0.25, 0.3) is 11.2 Å². The molecule has 2 aromatic heterocycles. The maximum Gasteiger partial charge on any atom is 0.414 e. The van der Waals surface area contributed by atoms with Gasteiger partial charge >= 0.3 is 6.09 Å². The van der Waals surface area contributed by atoms with Gasteiger partial charge in [-0.3, -0.25) is 4.79 Å². The van der Waals surface area contributed by atoms with Crippen molar-refractivity contribution in [3.63, 3.8) is 0 Å². The lowest BCUT2D eigenvalue weighted by Crippen LogP contribution is -2.32. The number of ether oxygens (including phenoxy) is 1. The van der Waals surface area contributed by atoms with Gasteiger partial charge in [0, 0.05) is 17.7 Å². The van der Waals surface area contributed by atoms with Crippen LogP contribution in [0, 0.1) is 5.41 Å². The molecule has 2 rings (SSSR count). The lowest BCUT2D eigenvalue weighted by molar-refractivity contribution is 0.0860. The Morgan fingerprint density at radius 2 is 2.00 bits per heavy atom. The van der Waals surface area contributed by atoms with Gasteiger partial charge in [-0.2, -0.15) is 0 Å². The zero-order valence-electron chi connectivity index (χ0n) is 13.4. The molecule has 7 heteroatoms. The van der Waals surface area contributed by atoms with E-state index in [1.54, 1.807) is 6.20 Å². The van der Waals surface area contributed by atoms with Crippen molar-refractivity contribution in [2.45, 2.75) is 40.7 Å². The predicted octanol–water partition coefficient (Wildman–Crippen LogP) is 2.68. The monoisotopic (exact) mass is 304 g/mol. The van der Waals surface area contributed by atoms with Crippen molar-refractivity contribution < 1.29 is 14.3 Å². The quantitative estimate of drug-likeness (QED) is 0.850. The second-order valence-electron chi connectivity index (χ2n) is 6.38. The van der Waals surface area contributed by atoms with E-state index in [0.717, 1.165) is 0 Å². The Balaban J connectivity index is 2.33. The molecule has 0 aliphatic rings. The van der Waals surface area contributed by atoms with Crippen LogP contribution in [0.15, 0.2) is 12.4 Å². The summed E-state index contributed by atoms with van der Waals surface area (Å²) in [5, 5.41) is 2.59. The van der Waals surface area contributed by atoms with Crippen molar-refractivity contribution in [1.29, 1.82) is 0 Å². The van der Waals surface area contributed by atoms with Gasteiger partial charge in [0.15, 0.2) is 11.4 Å². The van der Waals surface area contributed by atoms with Crippen molar-refractivity contribution in [2.24, 2.45) is 5.41 Å². The van der Waals surface area contributed by atoms with E-state index in [-0.39, 0.29) is 17.7 Å². The van der Waals surface area contributed by atoms with Gasteiger partial charge in [-0.15, -0.1) is 0 Å². The molecule has 0 aromatic carbocycles. The van der Waals surface area contributed by atoms with Crippen molar-refractivity contribution in [3.8, 4) is 5.88 Å². The molecule has 2 aromatic rings. The molecular formula is C15H20N4O3. The Bertz CT molecular complexity index is 713. The predicted molar refractivity (Wildman–Crippen MR) is 82.0 cm³/mol. The Labute approximate surface area is 128 Å². The van der Waals surface area contributed by atoms with Gasteiger partial charge in [0.25, 0.3) is 0 Å². The number of aromatic nitrogens is 3. The van der Waals surface area contributed by atoms with Crippen LogP contribution in [0.4, 0.5) is 4.79 Å². The Morgan fingerprint density at radius 1 is 1.32 bits per heavy atom. The van der Waals surface area contributed by atoms with Gasteiger partial charge in [-0.1, -0.05) is 20.8 Å². The summed E-state index contributed by atoms with van der Waals surface area (Å²) in [6.07, 6.45) is 2.31. The van der Waals surface area contributed by atoms with Gasteiger partial charge in [0.05, 0.1) is 11.8 Å². The smallest absolute Gasteiger partial charge is 0.390 e. The van der Waals surface area contributed by atoms with E-state index >= 15 is 0 Å². The maximum absolute atomic E-state index is 12.4. The van der Waals surface area contributed by atoms with Crippen LogP contribution in [0.5, 0.6) is 5.88 Å². The molecule has 2 heterocycles. The highest BCUT2D eigenvalue weighted by Gasteiger charge is 2.26. The number of fused-ring (bicyclic) bond motifs is 1. The number of hydrogen-bond acceptors (Lipinski definition) is 5. The fourth-order valence-electron chi connectivity index (χ4n) is 1.86. The van der Waals surface area contributed by atoms with Crippen LogP contribution in [0.2, 0.25) is 0 Å². The molecule has 2 N–H and O–H groups in total. The Morgan fingerprint density at radius 3 is 2.59 bits per heavy atom. The number of H-pyrrole nitrogens is 1. The first-order valence-electron chi connectivity index (χ1n) is 7.05. The zero-order valence-corrected chi connectivity index (χ0v) is 13.4. The van der Waals surface area contributed by atoms with E-state index in [2.05, 4.69) is 20.3 Å². The minimum Gasteiger partial charge on any atom is -0.390 e. The molecule has 0 spiro atoms. The Kier molecular flexibility index (Phi) is 4.16.